The lowest BCUT2D eigenvalue weighted by Gasteiger charge is -2.32. The molecule has 1 aliphatic rings. The molecule has 1 saturated heterocycles. The molecule has 0 radical (unpaired) electrons. The van der Waals surface area contributed by atoms with Gasteiger partial charge in [-0.25, -0.2) is 4.98 Å². The van der Waals surface area contributed by atoms with Gasteiger partial charge in [0.05, 0.1) is 10.0 Å². The van der Waals surface area contributed by atoms with Gasteiger partial charge in [-0.3, -0.25) is 4.79 Å². The number of amides is 1. The van der Waals surface area contributed by atoms with Crippen LogP contribution in [0.3, 0.4) is 0 Å². The molecule has 1 aromatic heterocycles. The van der Waals surface area contributed by atoms with Gasteiger partial charge in [0, 0.05) is 36.8 Å². The van der Waals surface area contributed by atoms with Crippen molar-refractivity contribution < 1.29 is 4.79 Å². The van der Waals surface area contributed by atoms with Crippen LogP contribution in [-0.2, 0) is 0 Å². The number of benzene rings is 2. The minimum atomic E-state index is -0.0444. The van der Waals surface area contributed by atoms with Gasteiger partial charge in [-0.2, -0.15) is 0 Å². The summed E-state index contributed by atoms with van der Waals surface area (Å²) < 4.78 is 0. The number of thiazole rings is 1. The van der Waals surface area contributed by atoms with E-state index in [2.05, 4.69) is 15.2 Å². The molecule has 0 bridgehead atoms. The Labute approximate surface area is 184 Å². The highest BCUT2D eigenvalue weighted by Gasteiger charge is 2.22. The molecule has 0 aliphatic carbocycles. The lowest BCUT2D eigenvalue weighted by molar-refractivity contribution is 0.0945. The van der Waals surface area contributed by atoms with Crippen molar-refractivity contribution in [1.29, 1.82) is 0 Å². The quantitative estimate of drug-likeness (QED) is 0.542. The number of nitrogens with one attached hydrogen (secondary N) is 1. The van der Waals surface area contributed by atoms with E-state index in [0.29, 0.717) is 28.1 Å². The van der Waals surface area contributed by atoms with Crippen LogP contribution in [0.2, 0.25) is 10.0 Å². The molecule has 0 spiro atoms. The molecule has 2 aromatic carbocycles. The molecule has 1 unspecified atom stereocenters. The molecule has 3 aromatic rings. The van der Waals surface area contributed by atoms with Gasteiger partial charge >= 0.3 is 0 Å². The number of hydrogen-bond acceptors (Lipinski definition) is 4. The first-order chi connectivity index (χ1) is 14.1. The second-order valence-electron chi connectivity index (χ2n) is 7.19. The topological polar surface area (TPSA) is 45.2 Å². The van der Waals surface area contributed by atoms with Crippen LogP contribution in [0, 0.1) is 5.92 Å². The summed E-state index contributed by atoms with van der Waals surface area (Å²) in [6.45, 7) is 2.65. The predicted molar refractivity (Wildman–Crippen MR) is 121 cm³/mol. The number of nitrogens with zero attached hydrogens (tertiary/aromatic N) is 2. The maximum absolute atomic E-state index is 12.6. The molecule has 2 heterocycles. The molecule has 150 valence electrons. The first kappa shape index (κ1) is 20.2. The Bertz CT molecular complexity index is 976. The summed E-state index contributed by atoms with van der Waals surface area (Å²) in [5.74, 6) is 0.393. The summed E-state index contributed by atoms with van der Waals surface area (Å²) in [6.07, 6.45) is 4.09. The number of hydrogen-bond donors (Lipinski definition) is 1. The molecule has 1 amide bonds. The molecule has 1 atom stereocenters. The van der Waals surface area contributed by atoms with Gasteiger partial charge in [0.2, 0.25) is 0 Å². The zero-order valence-corrected chi connectivity index (χ0v) is 18.1. The Morgan fingerprint density at radius 3 is 2.66 bits per heavy atom. The van der Waals surface area contributed by atoms with Gasteiger partial charge in [-0.1, -0.05) is 41.4 Å². The van der Waals surface area contributed by atoms with Crippen molar-refractivity contribution >= 4 is 45.6 Å². The zero-order chi connectivity index (χ0) is 20.2. The van der Waals surface area contributed by atoms with Crippen LogP contribution in [-0.4, -0.2) is 30.5 Å². The number of aromatic nitrogens is 1. The third-order valence-electron chi connectivity index (χ3n) is 5.16. The van der Waals surface area contributed by atoms with E-state index in [1.807, 2.05) is 48.0 Å². The van der Waals surface area contributed by atoms with Crippen molar-refractivity contribution in [3.63, 3.8) is 0 Å². The molecular formula is C22H21Cl2N3OS. The molecule has 4 nitrogen and oxygen atoms in total. The van der Waals surface area contributed by atoms with Gasteiger partial charge in [0.1, 0.15) is 0 Å². The van der Waals surface area contributed by atoms with Crippen molar-refractivity contribution in [2.45, 2.75) is 12.8 Å². The fourth-order valence-electron chi connectivity index (χ4n) is 3.61. The SMILES string of the molecule is O=C(NCC1CCCN(c2nccs2)C1)c1ccc(-c2ccc(Cl)c(Cl)c2)cc1. The van der Waals surface area contributed by atoms with Crippen LogP contribution in [0.4, 0.5) is 5.13 Å². The van der Waals surface area contributed by atoms with E-state index in [-0.39, 0.29) is 5.91 Å². The summed E-state index contributed by atoms with van der Waals surface area (Å²) in [6, 6.07) is 13.1. The van der Waals surface area contributed by atoms with Gasteiger partial charge in [0.25, 0.3) is 5.91 Å². The highest BCUT2D eigenvalue weighted by Crippen LogP contribution is 2.29. The standard InChI is InChI=1S/C22H21Cl2N3OS/c23-19-8-7-18(12-20(19)24)16-3-5-17(6-4-16)21(28)26-13-15-2-1-10-27(14-15)22-25-9-11-29-22/h3-9,11-12,15H,1-2,10,13-14H2,(H,26,28). The second kappa shape index (κ2) is 9.16. The fraction of sp³-hybridized carbons (Fsp3) is 0.273. The first-order valence-electron chi connectivity index (χ1n) is 9.58. The Kier molecular flexibility index (Phi) is 6.38. The van der Waals surface area contributed by atoms with Gasteiger partial charge in [0.15, 0.2) is 5.13 Å². The highest BCUT2D eigenvalue weighted by atomic mass is 35.5. The molecule has 7 heteroatoms. The molecule has 1 N–H and O–H groups in total. The van der Waals surface area contributed by atoms with Crippen LogP contribution in [0.5, 0.6) is 0 Å². The molecule has 29 heavy (non-hydrogen) atoms. The van der Waals surface area contributed by atoms with E-state index in [4.69, 9.17) is 23.2 Å². The highest BCUT2D eigenvalue weighted by molar-refractivity contribution is 7.13. The summed E-state index contributed by atoms with van der Waals surface area (Å²) in [5, 5.41) is 7.21. The fourth-order valence-corrected chi connectivity index (χ4v) is 4.58. The van der Waals surface area contributed by atoms with Crippen molar-refractivity contribution in [3.8, 4) is 11.1 Å². The Balaban J connectivity index is 1.34. The lowest BCUT2D eigenvalue weighted by Crippen LogP contribution is -2.41. The number of anilines is 1. The number of carbonyl (C=O) groups excluding carboxylic acids is 1. The third-order valence-corrected chi connectivity index (χ3v) is 6.73. The normalized spacial score (nSPS) is 16.6. The largest absolute Gasteiger partial charge is 0.352 e. The van der Waals surface area contributed by atoms with Crippen molar-refractivity contribution in [1.82, 2.24) is 10.3 Å². The van der Waals surface area contributed by atoms with E-state index >= 15 is 0 Å². The van der Waals surface area contributed by atoms with Gasteiger partial charge in [-0.15, -0.1) is 11.3 Å². The van der Waals surface area contributed by atoms with E-state index < -0.39 is 0 Å². The molecule has 0 saturated carbocycles. The third kappa shape index (κ3) is 4.92. The minimum absolute atomic E-state index is 0.0444. The van der Waals surface area contributed by atoms with Crippen LogP contribution in [0.25, 0.3) is 11.1 Å². The molecular weight excluding hydrogens is 425 g/mol. The van der Waals surface area contributed by atoms with Crippen LogP contribution in [0.1, 0.15) is 23.2 Å². The maximum Gasteiger partial charge on any atom is 0.251 e. The van der Waals surface area contributed by atoms with Crippen LogP contribution in [0.15, 0.2) is 54.0 Å². The number of rotatable bonds is 5. The van der Waals surface area contributed by atoms with E-state index in [0.717, 1.165) is 42.2 Å². The zero-order valence-electron chi connectivity index (χ0n) is 15.8. The first-order valence-corrected chi connectivity index (χ1v) is 11.2. The smallest absolute Gasteiger partial charge is 0.251 e. The predicted octanol–water partition coefficient (Wildman–Crippen LogP) is 5.76. The Hall–Kier alpha value is -2.08. The van der Waals surface area contributed by atoms with Crippen LogP contribution < -0.4 is 10.2 Å². The summed E-state index contributed by atoms with van der Waals surface area (Å²) in [7, 11) is 0. The van der Waals surface area contributed by atoms with E-state index in [9.17, 15) is 4.79 Å². The van der Waals surface area contributed by atoms with E-state index in [1.165, 1.54) is 0 Å². The Morgan fingerprint density at radius 1 is 1.14 bits per heavy atom. The van der Waals surface area contributed by atoms with Gasteiger partial charge < -0.3 is 10.2 Å². The van der Waals surface area contributed by atoms with Crippen molar-refractivity contribution in [3.05, 3.63) is 69.7 Å². The average Bonchev–Trinajstić information content (AvgIpc) is 3.29. The average molecular weight is 446 g/mol. The van der Waals surface area contributed by atoms with Crippen molar-refractivity contribution in [2.75, 3.05) is 24.5 Å². The Morgan fingerprint density at radius 2 is 1.93 bits per heavy atom. The lowest BCUT2D eigenvalue weighted by atomic mass is 9.98. The van der Waals surface area contributed by atoms with Gasteiger partial charge in [-0.05, 0) is 54.2 Å². The summed E-state index contributed by atoms with van der Waals surface area (Å²) in [5.41, 5.74) is 2.61. The summed E-state index contributed by atoms with van der Waals surface area (Å²) >= 11 is 13.7. The maximum atomic E-state index is 12.6. The number of carbonyl (C=O) groups is 1. The van der Waals surface area contributed by atoms with Crippen molar-refractivity contribution in [2.24, 2.45) is 5.92 Å². The monoisotopic (exact) mass is 445 g/mol. The number of halogens is 2. The molecule has 1 fully saturated rings. The minimum Gasteiger partial charge on any atom is -0.352 e. The van der Waals surface area contributed by atoms with E-state index in [1.54, 1.807) is 17.4 Å². The number of piperidine rings is 1. The second-order valence-corrected chi connectivity index (χ2v) is 8.87. The molecule has 1 aliphatic heterocycles. The van der Waals surface area contributed by atoms with Crippen LogP contribution >= 0.6 is 34.5 Å². The summed E-state index contributed by atoms with van der Waals surface area (Å²) in [4.78, 5) is 19.3. The molecule has 4 rings (SSSR count).